The third kappa shape index (κ3) is 3.95. The third-order valence-electron chi connectivity index (χ3n) is 5.07. The minimum Gasteiger partial charge on any atom is -0.379 e. The topological polar surface area (TPSA) is 41.6 Å². The van der Waals surface area contributed by atoms with Gasteiger partial charge in [-0.2, -0.15) is 0 Å². The van der Waals surface area contributed by atoms with Crippen molar-refractivity contribution in [2.24, 2.45) is 11.8 Å². The molecule has 0 aromatic rings. The van der Waals surface area contributed by atoms with E-state index in [4.69, 9.17) is 4.74 Å². The second-order valence-electron chi connectivity index (χ2n) is 6.17. The maximum atomic E-state index is 12.1. The Labute approximate surface area is 123 Å². The van der Waals surface area contributed by atoms with Crippen LogP contribution in [0.1, 0.15) is 46.0 Å². The molecule has 20 heavy (non-hydrogen) atoms. The lowest BCUT2D eigenvalue weighted by Gasteiger charge is -2.39. The Balaban J connectivity index is 1.88. The molecule has 1 saturated heterocycles. The van der Waals surface area contributed by atoms with Crippen LogP contribution in [0.2, 0.25) is 0 Å². The number of nitrogens with zero attached hydrogens (tertiary/aromatic N) is 1. The molecule has 0 aromatic carbocycles. The number of rotatable bonds is 7. The number of amides is 1. The summed E-state index contributed by atoms with van der Waals surface area (Å²) in [5, 5.41) is 3.21. The second-order valence-corrected chi connectivity index (χ2v) is 6.17. The molecular formula is C16H30N2O2. The van der Waals surface area contributed by atoms with Gasteiger partial charge in [0.05, 0.1) is 13.2 Å². The second kappa shape index (κ2) is 7.99. The highest BCUT2D eigenvalue weighted by Crippen LogP contribution is 2.26. The van der Waals surface area contributed by atoms with Crippen molar-refractivity contribution in [2.45, 2.75) is 52.0 Å². The van der Waals surface area contributed by atoms with Crippen LogP contribution in [0.4, 0.5) is 0 Å². The molecule has 1 aliphatic carbocycles. The molecule has 1 atom stereocenters. The first-order valence-electron chi connectivity index (χ1n) is 8.35. The monoisotopic (exact) mass is 282 g/mol. The summed E-state index contributed by atoms with van der Waals surface area (Å²) in [7, 11) is 0. The molecule has 2 fully saturated rings. The Hall–Kier alpha value is -0.610. The van der Waals surface area contributed by atoms with Crippen LogP contribution < -0.4 is 5.32 Å². The molecule has 0 spiro atoms. The van der Waals surface area contributed by atoms with Crippen LogP contribution >= 0.6 is 0 Å². The number of ether oxygens (including phenoxy) is 1. The lowest BCUT2D eigenvalue weighted by Crippen LogP contribution is -2.52. The van der Waals surface area contributed by atoms with Crippen molar-refractivity contribution in [3.63, 3.8) is 0 Å². The number of nitrogens with one attached hydrogen (secondary N) is 1. The fourth-order valence-electron chi connectivity index (χ4n) is 3.36. The van der Waals surface area contributed by atoms with Crippen molar-refractivity contribution in [1.29, 1.82) is 0 Å². The van der Waals surface area contributed by atoms with Crippen molar-refractivity contribution >= 4 is 5.91 Å². The molecule has 1 N–H and O–H groups in total. The van der Waals surface area contributed by atoms with Crippen molar-refractivity contribution in [3.05, 3.63) is 0 Å². The van der Waals surface area contributed by atoms with Gasteiger partial charge in [0, 0.05) is 31.6 Å². The van der Waals surface area contributed by atoms with Crippen LogP contribution in [0.3, 0.4) is 0 Å². The van der Waals surface area contributed by atoms with Crippen LogP contribution in [0.15, 0.2) is 0 Å². The van der Waals surface area contributed by atoms with Crippen LogP contribution in [0.5, 0.6) is 0 Å². The molecular weight excluding hydrogens is 252 g/mol. The van der Waals surface area contributed by atoms with E-state index in [0.29, 0.717) is 17.9 Å². The summed E-state index contributed by atoms with van der Waals surface area (Å²) < 4.78 is 5.46. The average Bonchev–Trinajstić information content (AvgIpc) is 2.42. The van der Waals surface area contributed by atoms with Gasteiger partial charge in [-0.25, -0.2) is 0 Å². The fourth-order valence-corrected chi connectivity index (χ4v) is 3.36. The predicted octanol–water partition coefficient (Wildman–Crippen LogP) is 2.04. The Morgan fingerprint density at radius 1 is 1.25 bits per heavy atom. The van der Waals surface area contributed by atoms with E-state index in [1.165, 1.54) is 19.3 Å². The maximum Gasteiger partial charge on any atom is 0.223 e. The highest BCUT2D eigenvalue weighted by molar-refractivity contribution is 5.79. The summed E-state index contributed by atoms with van der Waals surface area (Å²) in [5.74, 6) is 1.23. The van der Waals surface area contributed by atoms with Crippen molar-refractivity contribution in [3.8, 4) is 0 Å². The van der Waals surface area contributed by atoms with Crippen LogP contribution in [-0.2, 0) is 9.53 Å². The van der Waals surface area contributed by atoms with Crippen molar-refractivity contribution in [2.75, 3.05) is 32.8 Å². The van der Waals surface area contributed by atoms with E-state index in [9.17, 15) is 4.79 Å². The summed E-state index contributed by atoms with van der Waals surface area (Å²) in [6.07, 6.45) is 5.74. The molecule has 4 nitrogen and oxygen atoms in total. The standard InChI is InChI=1S/C16H30N2O2/c1-3-13(4-2)15(18-8-10-20-11-9-18)12-17-16(19)14-6-5-7-14/h13-15H,3-12H2,1-2H3,(H,17,19). The number of carbonyl (C=O) groups excluding carboxylic acids is 1. The zero-order chi connectivity index (χ0) is 14.4. The largest absolute Gasteiger partial charge is 0.379 e. The Kier molecular flexibility index (Phi) is 6.30. The first-order valence-corrected chi connectivity index (χ1v) is 8.35. The first kappa shape index (κ1) is 15.8. The average molecular weight is 282 g/mol. The molecule has 1 saturated carbocycles. The lowest BCUT2D eigenvalue weighted by molar-refractivity contribution is -0.127. The number of hydrogen-bond donors (Lipinski definition) is 1. The summed E-state index contributed by atoms with van der Waals surface area (Å²) in [5.41, 5.74) is 0. The summed E-state index contributed by atoms with van der Waals surface area (Å²) in [4.78, 5) is 14.6. The van der Waals surface area contributed by atoms with Gasteiger partial charge in [0.2, 0.25) is 5.91 Å². The SMILES string of the molecule is CCC(CC)C(CNC(=O)C1CCC1)N1CCOCC1. The lowest BCUT2D eigenvalue weighted by atomic mass is 9.84. The molecule has 1 heterocycles. The molecule has 116 valence electrons. The van der Waals surface area contributed by atoms with Gasteiger partial charge in [0.1, 0.15) is 0 Å². The van der Waals surface area contributed by atoms with Gasteiger partial charge in [-0.05, 0) is 18.8 Å². The summed E-state index contributed by atoms with van der Waals surface area (Å²) >= 11 is 0. The molecule has 0 radical (unpaired) electrons. The molecule has 2 aliphatic rings. The van der Waals surface area contributed by atoms with Gasteiger partial charge in [0.15, 0.2) is 0 Å². The summed E-state index contributed by atoms with van der Waals surface area (Å²) in [6, 6.07) is 0.470. The molecule has 4 heteroatoms. The quantitative estimate of drug-likeness (QED) is 0.777. The summed E-state index contributed by atoms with van der Waals surface area (Å²) in [6.45, 7) is 8.98. The molecule has 0 aromatic heterocycles. The zero-order valence-electron chi connectivity index (χ0n) is 13.1. The molecule has 2 rings (SSSR count). The van der Waals surface area contributed by atoms with Gasteiger partial charge in [-0.3, -0.25) is 9.69 Å². The van der Waals surface area contributed by atoms with Gasteiger partial charge < -0.3 is 10.1 Å². The Bertz CT molecular complexity index is 295. The highest BCUT2D eigenvalue weighted by Gasteiger charge is 2.29. The van der Waals surface area contributed by atoms with Crippen LogP contribution in [0, 0.1) is 11.8 Å². The Morgan fingerprint density at radius 3 is 2.40 bits per heavy atom. The van der Waals surface area contributed by atoms with E-state index in [1.807, 2.05) is 0 Å². The van der Waals surface area contributed by atoms with Gasteiger partial charge in [-0.15, -0.1) is 0 Å². The third-order valence-corrected chi connectivity index (χ3v) is 5.07. The minimum absolute atomic E-state index is 0.278. The fraction of sp³-hybridized carbons (Fsp3) is 0.938. The van der Waals surface area contributed by atoms with E-state index >= 15 is 0 Å². The van der Waals surface area contributed by atoms with Gasteiger partial charge in [-0.1, -0.05) is 33.1 Å². The minimum atomic E-state index is 0.278. The van der Waals surface area contributed by atoms with Gasteiger partial charge >= 0.3 is 0 Å². The zero-order valence-corrected chi connectivity index (χ0v) is 13.1. The van der Waals surface area contributed by atoms with Crippen LogP contribution in [-0.4, -0.2) is 49.7 Å². The van der Waals surface area contributed by atoms with Crippen LogP contribution in [0.25, 0.3) is 0 Å². The first-order chi connectivity index (χ1) is 9.76. The molecule has 1 aliphatic heterocycles. The van der Waals surface area contributed by atoms with E-state index in [0.717, 1.165) is 45.7 Å². The van der Waals surface area contributed by atoms with Gasteiger partial charge in [0.25, 0.3) is 0 Å². The van der Waals surface area contributed by atoms with Crippen molar-refractivity contribution < 1.29 is 9.53 Å². The van der Waals surface area contributed by atoms with E-state index in [2.05, 4.69) is 24.1 Å². The predicted molar refractivity (Wildman–Crippen MR) is 80.6 cm³/mol. The van der Waals surface area contributed by atoms with E-state index in [1.54, 1.807) is 0 Å². The number of carbonyl (C=O) groups is 1. The molecule has 1 amide bonds. The normalized spacial score (nSPS) is 22.6. The molecule has 0 bridgehead atoms. The molecule has 1 unspecified atom stereocenters. The van der Waals surface area contributed by atoms with Crippen molar-refractivity contribution in [1.82, 2.24) is 10.2 Å². The number of morpholine rings is 1. The smallest absolute Gasteiger partial charge is 0.223 e. The highest BCUT2D eigenvalue weighted by atomic mass is 16.5. The van der Waals surface area contributed by atoms with E-state index < -0.39 is 0 Å². The Morgan fingerprint density at radius 2 is 1.90 bits per heavy atom. The van der Waals surface area contributed by atoms with E-state index in [-0.39, 0.29) is 5.91 Å². The number of hydrogen-bond acceptors (Lipinski definition) is 3. The maximum absolute atomic E-state index is 12.1.